The molecule has 0 radical (unpaired) electrons. The van der Waals surface area contributed by atoms with Crippen LogP contribution in [0.25, 0.3) is 6.08 Å². The Balaban J connectivity index is 1.84. The number of carbonyl (C=O) groups excluding carboxylic acids is 2. The van der Waals surface area contributed by atoms with Gasteiger partial charge in [-0.05, 0) is 42.5 Å². The van der Waals surface area contributed by atoms with Crippen LogP contribution in [0.3, 0.4) is 0 Å². The predicted molar refractivity (Wildman–Crippen MR) is 101 cm³/mol. The van der Waals surface area contributed by atoms with Crippen molar-refractivity contribution < 1.29 is 37.3 Å². The van der Waals surface area contributed by atoms with Crippen LogP contribution in [-0.2, 0) is 14.3 Å². The minimum Gasteiger partial charge on any atom is -0.497 e. The van der Waals surface area contributed by atoms with Gasteiger partial charge in [-0.1, -0.05) is 0 Å². The van der Waals surface area contributed by atoms with Crippen LogP contribution in [0.15, 0.2) is 48.5 Å². The molecule has 0 fully saturated rings. The Labute approximate surface area is 165 Å². The van der Waals surface area contributed by atoms with Gasteiger partial charge in [-0.3, -0.25) is 4.79 Å². The molecule has 1 amide bonds. The molecule has 9 heteroatoms. The van der Waals surface area contributed by atoms with Gasteiger partial charge in [-0.25, -0.2) is 4.79 Å². The molecule has 0 aliphatic rings. The van der Waals surface area contributed by atoms with Crippen LogP contribution in [0.4, 0.5) is 14.5 Å². The van der Waals surface area contributed by atoms with Gasteiger partial charge in [-0.15, -0.1) is 0 Å². The Morgan fingerprint density at radius 3 is 2.34 bits per heavy atom. The second-order valence-electron chi connectivity index (χ2n) is 5.50. The van der Waals surface area contributed by atoms with Gasteiger partial charge in [-0.2, -0.15) is 8.78 Å². The van der Waals surface area contributed by atoms with E-state index in [0.717, 1.165) is 6.08 Å². The summed E-state index contributed by atoms with van der Waals surface area (Å²) in [6.07, 6.45) is 2.65. The standard InChI is InChI=1S/C20H19F2NO6/c1-26-16-7-3-13(17(11-16)27-2)4-10-19(25)28-12-18(24)23-14-5-8-15(9-6-14)29-20(21)22/h3-11,20H,12H2,1-2H3,(H,23,24). The monoisotopic (exact) mass is 407 g/mol. The van der Waals surface area contributed by atoms with Crippen molar-refractivity contribution in [3.05, 3.63) is 54.1 Å². The molecule has 7 nitrogen and oxygen atoms in total. The van der Waals surface area contributed by atoms with Crippen molar-refractivity contribution in [3.63, 3.8) is 0 Å². The van der Waals surface area contributed by atoms with E-state index in [0.29, 0.717) is 22.7 Å². The number of carbonyl (C=O) groups is 2. The second-order valence-corrected chi connectivity index (χ2v) is 5.50. The molecule has 154 valence electrons. The molecule has 2 aromatic rings. The van der Waals surface area contributed by atoms with Gasteiger partial charge in [0.2, 0.25) is 0 Å². The number of nitrogens with one attached hydrogen (secondary N) is 1. The van der Waals surface area contributed by atoms with E-state index in [1.54, 1.807) is 18.2 Å². The highest BCUT2D eigenvalue weighted by Gasteiger charge is 2.08. The van der Waals surface area contributed by atoms with Gasteiger partial charge in [0, 0.05) is 23.4 Å². The number of amides is 1. The number of halogens is 2. The van der Waals surface area contributed by atoms with Gasteiger partial charge in [0.1, 0.15) is 17.2 Å². The summed E-state index contributed by atoms with van der Waals surface area (Å²) in [5.74, 6) is -0.240. The summed E-state index contributed by atoms with van der Waals surface area (Å²) in [5, 5.41) is 2.47. The van der Waals surface area contributed by atoms with Crippen LogP contribution in [0.1, 0.15) is 5.56 Å². The summed E-state index contributed by atoms with van der Waals surface area (Å²) in [4.78, 5) is 23.6. The molecule has 29 heavy (non-hydrogen) atoms. The Morgan fingerprint density at radius 2 is 1.72 bits per heavy atom. The van der Waals surface area contributed by atoms with Gasteiger partial charge in [0.25, 0.3) is 5.91 Å². The number of anilines is 1. The molecule has 0 unspecified atom stereocenters. The topological polar surface area (TPSA) is 83.1 Å². The molecule has 1 N–H and O–H groups in total. The van der Waals surface area contributed by atoms with E-state index in [1.807, 2.05) is 0 Å². The first-order chi connectivity index (χ1) is 13.9. The number of benzene rings is 2. The number of hydrogen-bond acceptors (Lipinski definition) is 6. The summed E-state index contributed by atoms with van der Waals surface area (Å²) in [5.41, 5.74) is 0.965. The van der Waals surface area contributed by atoms with E-state index in [-0.39, 0.29) is 5.75 Å². The summed E-state index contributed by atoms with van der Waals surface area (Å²) >= 11 is 0. The highest BCUT2D eigenvalue weighted by molar-refractivity contribution is 5.94. The maximum atomic E-state index is 12.1. The highest BCUT2D eigenvalue weighted by atomic mass is 19.3. The zero-order valence-electron chi connectivity index (χ0n) is 15.7. The predicted octanol–water partition coefficient (Wildman–Crippen LogP) is 3.50. The molecule has 0 saturated heterocycles. The van der Waals surface area contributed by atoms with Gasteiger partial charge < -0.3 is 24.3 Å². The smallest absolute Gasteiger partial charge is 0.387 e. The van der Waals surface area contributed by atoms with Gasteiger partial charge in [0.05, 0.1) is 14.2 Å². The van der Waals surface area contributed by atoms with Crippen molar-refractivity contribution >= 4 is 23.6 Å². The molecule has 0 spiro atoms. The van der Waals surface area contributed by atoms with E-state index in [1.165, 1.54) is 44.6 Å². The molecule has 0 aliphatic carbocycles. The lowest BCUT2D eigenvalue weighted by atomic mass is 10.2. The molecule has 0 aromatic heterocycles. The van der Waals surface area contributed by atoms with Crippen LogP contribution in [0.5, 0.6) is 17.2 Å². The first-order valence-corrected chi connectivity index (χ1v) is 8.33. The number of ether oxygens (including phenoxy) is 4. The van der Waals surface area contributed by atoms with Gasteiger partial charge >= 0.3 is 12.6 Å². The van der Waals surface area contributed by atoms with Crippen LogP contribution >= 0.6 is 0 Å². The van der Waals surface area contributed by atoms with Crippen LogP contribution < -0.4 is 19.5 Å². The number of esters is 1. The zero-order valence-corrected chi connectivity index (χ0v) is 15.7. The molecule has 2 aromatic carbocycles. The van der Waals surface area contributed by atoms with E-state index in [9.17, 15) is 18.4 Å². The van der Waals surface area contributed by atoms with Crippen molar-refractivity contribution in [2.45, 2.75) is 6.61 Å². The minimum atomic E-state index is -2.93. The zero-order chi connectivity index (χ0) is 21.2. The SMILES string of the molecule is COc1ccc(C=CC(=O)OCC(=O)Nc2ccc(OC(F)F)cc2)c(OC)c1. The summed E-state index contributed by atoms with van der Waals surface area (Å²) < 4.78 is 43.6. The summed E-state index contributed by atoms with van der Waals surface area (Å²) in [6, 6.07) is 10.4. The number of methoxy groups -OCH3 is 2. The van der Waals surface area contributed by atoms with Crippen molar-refractivity contribution in [1.82, 2.24) is 0 Å². The van der Waals surface area contributed by atoms with Crippen LogP contribution in [0.2, 0.25) is 0 Å². The highest BCUT2D eigenvalue weighted by Crippen LogP contribution is 2.25. The largest absolute Gasteiger partial charge is 0.497 e. The van der Waals surface area contributed by atoms with Gasteiger partial charge in [0.15, 0.2) is 6.61 Å². The summed E-state index contributed by atoms with van der Waals surface area (Å²) in [6.45, 7) is -3.45. The number of hydrogen-bond donors (Lipinski definition) is 1. The van der Waals surface area contributed by atoms with Crippen LogP contribution in [0, 0.1) is 0 Å². The molecule has 0 atom stereocenters. The fourth-order valence-corrected chi connectivity index (χ4v) is 2.22. The van der Waals surface area contributed by atoms with E-state index >= 15 is 0 Å². The molecule has 0 aliphatic heterocycles. The van der Waals surface area contributed by atoms with Crippen molar-refractivity contribution in [3.8, 4) is 17.2 Å². The van der Waals surface area contributed by atoms with E-state index in [4.69, 9.17) is 14.2 Å². The van der Waals surface area contributed by atoms with Crippen molar-refractivity contribution in [2.24, 2.45) is 0 Å². The Kier molecular flexibility index (Phi) is 7.96. The summed E-state index contributed by atoms with van der Waals surface area (Å²) in [7, 11) is 3.01. The Bertz CT molecular complexity index is 868. The fraction of sp³-hybridized carbons (Fsp3) is 0.200. The van der Waals surface area contributed by atoms with Crippen molar-refractivity contribution in [1.29, 1.82) is 0 Å². The first-order valence-electron chi connectivity index (χ1n) is 8.33. The number of alkyl halides is 2. The average Bonchev–Trinajstić information content (AvgIpc) is 2.71. The first kappa shape index (κ1) is 21.7. The average molecular weight is 407 g/mol. The number of rotatable bonds is 9. The molecular formula is C20H19F2NO6. The second kappa shape index (κ2) is 10.6. The third-order valence-electron chi connectivity index (χ3n) is 3.55. The minimum absolute atomic E-state index is 0.0384. The maximum absolute atomic E-state index is 12.1. The molecular weight excluding hydrogens is 388 g/mol. The Hall–Kier alpha value is -3.62. The molecule has 2 rings (SSSR count). The quantitative estimate of drug-likeness (QED) is 0.506. The normalized spacial score (nSPS) is 10.7. The van der Waals surface area contributed by atoms with E-state index in [2.05, 4.69) is 10.1 Å². The third kappa shape index (κ3) is 7.13. The molecule has 0 heterocycles. The lowest BCUT2D eigenvalue weighted by molar-refractivity contribution is -0.142. The van der Waals surface area contributed by atoms with E-state index < -0.39 is 25.1 Å². The Morgan fingerprint density at radius 1 is 1.03 bits per heavy atom. The third-order valence-corrected chi connectivity index (χ3v) is 3.55. The van der Waals surface area contributed by atoms with Crippen LogP contribution in [-0.4, -0.2) is 39.3 Å². The lowest BCUT2D eigenvalue weighted by Crippen LogP contribution is -2.20. The maximum Gasteiger partial charge on any atom is 0.387 e. The lowest BCUT2D eigenvalue weighted by Gasteiger charge is -2.08. The van der Waals surface area contributed by atoms with Crippen molar-refractivity contribution in [2.75, 3.05) is 26.1 Å². The molecule has 0 bridgehead atoms. The molecule has 0 saturated carbocycles. The fourth-order valence-electron chi connectivity index (χ4n) is 2.22.